The standard InChI is InChI=1S/C19H15FN2O2S/c1-2-11-24-16-9-3-13(4-10-16)12-17-18(23)22-19(25-17)21-15-7-5-14(20)6-8-15/h2-10,12H,1,11H2,(H,21,22,23)/b17-12-. The first kappa shape index (κ1) is 17.0. The number of nitrogens with one attached hydrogen (secondary N) is 1. The van der Waals surface area contributed by atoms with Crippen molar-refractivity contribution in [1.82, 2.24) is 5.32 Å². The molecule has 1 heterocycles. The first-order valence-electron chi connectivity index (χ1n) is 7.53. The van der Waals surface area contributed by atoms with E-state index in [1.807, 2.05) is 24.3 Å². The fourth-order valence-corrected chi connectivity index (χ4v) is 2.92. The topological polar surface area (TPSA) is 50.7 Å². The van der Waals surface area contributed by atoms with E-state index < -0.39 is 0 Å². The highest BCUT2D eigenvalue weighted by molar-refractivity contribution is 8.18. The molecule has 1 saturated heterocycles. The van der Waals surface area contributed by atoms with Gasteiger partial charge in [0.05, 0.1) is 10.6 Å². The van der Waals surface area contributed by atoms with Crippen LogP contribution >= 0.6 is 11.8 Å². The number of amidine groups is 1. The summed E-state index contributed by atoms with van der Waals surface area (Å²) < 4.78 is 18.3. The molecule has 25 heavy (non-hydrogen) atoms. The molecule has 0 bridgehead atoms. The lowest BCUT2D eigenvalue weighted by Crippen LogP contribution is -2.19. The first-order chi connectivity index (χ1) is 12.1. The molecule has 0 atom stereocenters. The molecule has 1 N–H and O–H groups in total. The molecule has 4 nitrogen and oxygen atoms in total. The maximum atomic E-state index is 12.9. The number of hydrogen-bond acceptors (Lipinski definition) is 4. The molecule has 1 amide bonds. The monoisotopic (exact) mass is 354 g/mol. The SMILES string of the molecule is C=CCOc1ccc(/C=C2\SC(=Nc3ccc(F)cc3)NC2=O)cc1. The highest BCUT2D eigenvalue weighted by atomic mass is 32.2. The number of aliphatic imine (C=N–C) groups is 1. The van der Waals surface area contributed by atoms with Crippen molar-refractivity contribution >= 4 is 34.6 Å². The minimum atomic E-state index is -0.326. The van der Waals surface area contributed by atoms with Gasteiger partial charge in [-0.2, -0.15) is 0 Å². The Kier molecular flexibility index (Phi) is 5.30. The van der Waals surface area contributed by atoms with Crippen LogP contribution in [0.2, 0.25) is 0 Å². The van der Waals surface area contributed by atoms with Gasteiger partial charge in [-0.1, -0.05) is 24.8 Å². The van der Waals surface area contributed by atoms with Gasteiger partial charge in [-0.25, -0.2) is 9.38 Å². The molecular weight excluding hydrogens is 339 g/mol. The molecule has 1 aliphatic heterocycles. The van der Waals surface area contributed by atoms with Crippen LogP contribution in [0.3, 0.4) is 0 Å². The second-order valence-corrected chi connectivity index (χ2v) is 6.16. The number of nitrogens with zero attached hydrogens (tertiary/aromatic N) is 1. The average molecular weight is 354 g/mol. The molecule has 3 rings (SSSR count). The summed E-state index contributed by atoms with van der Waals surface area (Å²) in [5.41, 5.74) is 1.46. The van der Waals surface area contributed by atoms with Gasteiger partial charge in [0.1, 0.15) is 18.2 Å². The van der Waals surface area contributed by atoms with Crippen LogP contribution in [0.5, 0.6) is 5.75 Å². The molecule has 0 radical (unpaired) electrons. The number of halogens is 1. The van der Waals surface area contributed by atoms with Crippen molar-refractivity contribution in [2.75, 3.05) is 6.61 Å². The zero-order valence-electron chi connectivity index (χ0n) is 13.2. The quantitative estimate of drug-likeness (QED) is 0.644. The molecule has 2 aromatic carbocycles. The van der Waals surface area contributed by atoms with Crippen molar-refractivity contribution in [2.24, 2.45) is 4.99 Å². The van der Waals surface area contributed by atoms with Crippen LogP contribution in [0.15, 0.2) is 71.1 Å². The molecule has 0 unspecified atom stereocenters. The Hall–Kier alpha value is -2.86. The van der Waals surface area contributed by atoms with E-state index in [0.717, 1.165) is 11.3 Å². The molecule has 0 aromatic heterocycles. The second kappa shape index (κ2) is 7.81. The Morgan fingerprint density at radius 1 is 1.16 bits per heavy atom. The molecule has 0 saturated carbocycles. The van der Waals surface area contributed by atoms with Crippen LogP contribution in [-0.4, -0.2) is 17.7 Å². The van der Waals surface area contributed by atoms with Crippen molar-refractivity contribution in [1.29, 1.82) is 0 Å². The van der Waals surface area contributed by atoms with E-state index in [1.54, 1.807) is 24.3 Å². The number of rotatable bonds is 5. The number of thioether (sulfide) groups is 1. The third kappa shape index (κ3) is 4.58. The van der Waals surface area contributed by atoms with Crippen LogP contribution in [0.25, 0.3) is 6.08 Å². The Morgan fingerprint density at radius 3 is 2.56 bits per heavy atom. The van der Waals surface area contributed by atoms with E-state index in [2.05, 4.69) is 16.9 Å². The molecule has 6 heteroatoms. The summed E-state index contributed by atoms with van der Waals surface area (Å²) in [6.07, 6.45) is 3.46. The number of carbonyl (C=O) groups excluding carboxylic acids is 1. The van der Waals surface area contributed by atoms with Gasteiger partial charge in [-0.15, -0.1) is 0 Å². The van der Waals surface area contributed by atoms with Crippen molar-refractivity contribution in [3.8, 4) is 5.75 Å². The lowest BCUT2D eigenvalue weighted by atomic mass is 10.2. The number of ether oxygens (including phenoxy) is 1. The van der Waals surface area contributed by atoms with Crippen molar-refractivity contribution < 1.29 is 13.9 Å². The van der Waals surface area contributed by atoms with Crippen LogP contribution in [0.1, 0.15) is 5.56 Å². The number of hydrogen-bond donors (Lipinski definition) is 1. The average Bonchev–Trinajstić information content (AvgIpc) is 2.95. The van der Waals surface area contributed by atoms with Crippen LogP contribution in [0, 0.1) is 5.82 Å². The third-order valence-corrected chi connectivity index (χ3v) is 4.16. The highest BCUT2D eigenvalue weighted by Crippen LogP contribution is 2.28. The second-order valence-electron chi connectivity index (χ2n) is 5.13. The molecule has 126 valence electrons. The van der Waals surface area contributed by atoms with E-state index in [0.29, 0.717) is 22.4 Å². The number of amides is 1. The summed E-state index contributed by atoms with van der Waals surface area (Å²) in [6, 6.07) is 13.2. The summed E-state index contributed by atoms with van der Waals surface area (Å²) in [5, 5.41) is 3.17. The van der Waals surface area contributed by atoms with Crippen molar-refractivity contribution in [3.05, 3.63) is 77.5 Å². The summed E-state index contributed by atoms with van der Waals surface area (Å²) in [6.45, 7) is 4.05. The number of benzene rings is 2. The Bertz CT molecular complexity index is 843. The summed E-state index contributed by atoms with van der Waals surface area (Å²) in [4.78, 5) is 16.9. The Balaban J connectivity index is 1.72. The zero-order chi connectivity index (χ0) is 17.6. The minimum Gasteiger partial charge on any atom is -0.490 e. The lowest BCUT2D eigenvalue weighted by molar-refractivity contribution is -0.115. The minimum absolute atomic E-state index is 0.210. The lowest BCUT2D eigenvalue weighted by Gasteiger charge is -2.03. The van der Waals surface area contributed by atoms with Crippen LogP contribution in [0.4, 0.5) is 10.1 Å². The summed E-state index contributed by atoms with van der Waals surface area (Å²) in [5.74, 6) is 0.204. The summed E-state index contributed by atoms with van der Waals surface area (Å²) >= 11 is 1.24. The van der Waals surface area contributed by atoms with Gasteiger partial charge >= 0.3 is 0 Å². The Labute approximate surface area is 149 Å². The van der Waals surface area contributed by atoms with Gasteiger partial charge in [-0.3, -0.25) is 4.79 Å². The largest absolute Gasteiger partial charge is 0.490 e. The molecular formula is C19H15FN2O2S. The predicted octanol–water partition coefficient (Wildman–Crippen LogP) is 4.28. The van der Waals surface area contributed by atoms with Gasteiger partial charge in [0.15, 0.2) is 5.17 Å². The summed E-state index contributed by atoms with van der Waals surface area (Å²) in [7, 11) is 0. The molecule has 1 aliphatic rings. The van der Waals surface area contributed by atoms with E-state index in [-0.39, 0.29) is 11.7 Å². The Morgan fingerprint density at radius 2 is 1.88 bits per heavy atom. The zero-order valence-corrected chi connectivity index (χ0v) is 14.1. The molecule has 2 aromatic rings. The van der Waals surface area contributed by atoms with Gasteiger partial charge in [-0.05, 0) is 59.8 Å². The maximum absolute atomic E-state index is 12.9. The van der Waals surface area contributed by atoms with Gasteiger partial charge < -0.3 is 10.1 Å². The van der Waals surface area contributed by atoms with Crippen LogP contribution < -0.4 is 10.1 Å². The van der Waals surface area contributed by atoms with E-state index >= 15 is 0 Å². The molecule has 0 aliphatic carbocycles. The third-order valence-electron chi connectivity index (χ3n) is 3.25. The normalized spacial score (nSPS) is 16.9. The maximum Gasteiger partial charge on any atom is 0.264 e. The van der Waals surface area contributed by atoms with Gasteiger partial charge in [0.2, 0.25) is 0 Å². The van der Waals surface area contributed by atoms with Gasteiger partial charge in [0, 0.05) is 0 Å². The van der Waals surface area contributed by atoms with E-state index in [9.17, 15) is 9.18 Å². The van der Waals surface area contributed by atoms with Crippen molar-refractivity contribution in [2.45, 2.75) is 0 Å². The fourth-order valence-electron chi connectivity index (χ4n) is 2.08. The molecule has 1 fully saturated rings. The van der Waals surface area contributed by atoms with Crippen LogP contribution in [-0.2, 0) is 4.79 Å². The molecule has 0 spiro atoms. The first-order valence-corrected chi connectivity index (χ1v) is 8.34. The van der Waals surface area contributed by atoms with Crippen molar-refractivity contribution in [3.63, 3.8) is 0 Å². The van der Waals surface area contributed by atoms with E-state index in [1.165, 1.54) is 23.9 Å². The van der Waals surface area contributed by atoms with E-state index in [4.69, 9.17) is 4.74 Å². The van der Waals surface area contributed by atoms with Gasteiger partial charge in [0.25, 0.3) is 5.91 Å². The fraction of sp³-hybridized carbons (Fsp3) is 0.0526. The predicted molar refractivity (Wildman–Crippen MR) is 99.3 cm³/mol. The highest BCUT2D eigenvalue weighted by Gasteiger charge is 2.23. The number of carbonyl (C=O) groups is 1. The smallest absolute Gasteiger partial charge is 0.264 e.